The number of carbonyl (C=O) groups excluding carboxylic acids is 1. The second-order valence-corrected chi connectivity index (χ2v) is 1.95. The molecule has 4 nitrogen and oxygen atoms in total. The van der Waals surface area contributed by atoms with E-state index in [2.05, 4.69) is 4.98 Å². The molecule has 1 rings (SSSR count). The van der Waals surface area contributed by atoms with Gasteiger partial charge in [0.2, 0.25) is 0 Å². The van der Waals surface area contributed by atoms with Crippen molar-refractivity contribution in [1.29, 1.82) is 0 Å². The molecule has 1 aromatic rings. The van der Waals surface area contributed by atoms with Crippen molar-refractivity contribution in [3.63, 3.8) is 0 Å². The lowest BCUT2D eigenvalue weighted by molar-refractivity contribution is 0.0997. The van der Waals surface area contributed by atoms with E-state index in [1.807, 2.05) is 0 Å². The normalized spacial score (nSPS) is 9.55. The van der Waals surface area contributed by atoms with Gasteiger partial charge < -0.3 is 11.5 Å². The van der Waals surface area contributed by atoms with Crippen LogP contribution < -0.4 is 11.5 Å². The van der Waals surface area contributed by atoms with Crippen LogP contribution in [0.3, 0.4) is 0 Å². The highest BCUT2D eigenvalue weighted by molar-refractivity contribution is 5.97. The van der Waals surface area contributed by atoms with Gasteiger partial charge in [0.25, 0.3) is 5.91 Å². The standard InChI is InChI=1S/C6H6FN3O/c7-3-1-10-2-4(8)5(3)6(9)11/h1-2H,8H2,(H2,9,11). The van der Waals surface area contributed by atoms with Gasteiger partial charge in [0, 0.05) is 0 Å². The van der Waals surface area contributed by atoms with Crippen molar-refractivity contribution in [2.45, 2.75) is 0 Å². The van der Waals surface area contributed by atoms with Crippen molar-refractivity contribution in [2.75, 3.05) is 5.73 Å². The zero-order valence-electron chi connectivity index (χ0n) is 5.54. The van der Waals surface area contributed by atoms with Crippen LogP contribution in [-0.4, -0.2) is 10.9 Å². The van der Waals surface area contributed by atoms with Gasteiger partial charge in [0.05, 0.1) is 18.1 Å². The molecule has 4 N–H and O–H groups in total. The number of nitrogens with zero attached hydrogens (tertiary/aromatic N) is 1. The van der Waals surface area contributed by atoms with E-state index >= 15 is 0 Å². The molecular formula is C6H6FN3O. The van der Waals surface area contributed by atoms with E-state index in [4.69, 9.17) is 11.5 Å². The maximum atomic E-state index is 12.7. The Labute approximate surface area is 62.0 Å². The first kappa shape index (κ1) is 7.46. The summed E-state index contributed by atoms with van der Waals surface area (Å²) in [5, 5.41) is 0. The molecule has 0 radical (unpaired) electrons. The molecular weight excluding hydrogens is 149 g/mol. The van der Waals surface area contributed by atoms with Gasteiger partial charge in [-0.15, -0.1) is 0 Å². The summed E-state index contributed by atoms with van der Waals surface area (Å²) >= 11 is 0. The quantitative estimate of drug-likeness (QED) is 0.594. The van der Waals surface area contributed by atoms with Crippen molar-refractivity contribution in [2.24, 2.45) is 5.73 Å². The molecule has 0 aromatic carbocycles. The molecule has 0 bridgehead atoms. The number of aromatic nitrogens is 1. The number of hydrogen-bond acceptors (Lipinski definition) is 3. The summed E-state index contributed by atoms with van der Waals surface area (Å²) < 4.78 is 12.7. The highest BCUT2D eigenvalue weighted by atomic mass is 19.1. The summed E-state index contributed by atoms with van der Waals surface area (Å²) in [7, 11) is 0. The Hall–Kier alpha value is -1.65. The molecule has 5 heteroatoms. The molecule has 1 amide bonds. The van der Waals surface area contributed by atoms with E-state index in [0.29, 0.717) is 0 Å². The van der Waals surface area contributed by atoms with E-state index in [1.54, 1.807) is 0 Å². The third-order valence-corrected chi connectivity index (χ3v) is 1.18. The first-order chi connectivity index (χ1) is 5.13. The minimum atomic E-state index is -0.887. The van der Waals surface area contributed by atoms with Crippen molar-refractivity contribution >= 4 is 11.6 Å². The lowest BCUT2D eigenvalue weighted by atomic mass is 10.2. The molecule has 1 aromatic heterocycles. The Kier molecular flexibility index (Phi) is 1.72. The smallest absolute Gasteiger partial charge is 0.253 e. The van der Waals surface area contributed by atoms with Crippen molar-refractivity contribution in [3.05, 3.63) is 23.8 Å². The predicted octanol–water partition coefficient (Wildman–Crippen LogP) is -0.0982. The van der Waals surface area contributed by atoms with Gasteiger partial charge in [0.15, 0.2) is 5.82 Å². The number of anilines is 1. The number of halogens is 1. The van der Waals surface area contributed by atoms with Gasteiger partial charge in [0.1, 0.15) is 5.56 Å². The fourth-order valence-electron chi connectivity index (χ4n) is 0.710. The van der Waals surface area contributed by atoms with Crippen LogP contribution in [0.4, 0.5) is 10.1 Å². The fourth-order valence-corrected chi connectivity index (χ4v) is 0.710. The van der Waals surface area contributed by atoms with Gasteiger partial charge in [-0.2, -0.15) is 0 Å². The van der Waals surface area contributed by atoms with Crippen LogP contribution in [0.25, 0.3) is 0 Å². The Morgan fingerprint density at radius 3 is 2.55 bits per heavy atom. The van der Waals surface area contributed by atoms with Crippen LogP contribution in [0, 0.1) is 5.82 Å². The third-order valence-electron chi connectivity index (χ3n) is 1.18. The molecule has 0 fully saturated rings. The van der Waals surface area contributed by atoms with E-state index < -0.39 is 11.7 Å². The van der Waals surface area contributed by atoms with E-state index in [-0.39, 0.29) is 11.3 Å². The molecule has 0 saturated heterocycles. The third kappa shape index (κ3) is 1.26. The summed E-state index contributed by atoms with van der Waals surface area (Å²) in [5.41, 5.74) is 9.70. The van der Waals surface area contributed by atoms with Crippen LogP contribution in [0.1, 0.15) is 10.4 Å². The second kappa shape index (κ2) is 2.53. The highest BCUT2D eigenvalue weighted by Gasteiger charge is 2.11. The lowest BCUT2D eigenvalue weighted by Gasteiger charge is -1.99. The summed E-state index contributed by atoms with van der Waals surface area (Å²) in [4.78, 5) is 13.9. The van der Waals surface area contributed by atoms with Crippen LogP contribution in [0.5, 0.6) is 0 Å². The number of rotatable bonds is 1. The van der Waals surface area contributed by atoms with Gasteiger partial charge in [-0.05, 0) is 0 Å². The number of hydrogen-bond donors (Lipinski definition) is 2. The highest BCUT2D eigenvalue weighted by Crippen LogP contribution is 2.11. The number of carbonyl (C=O) groups is 1. The molecule has 0 aliphatic carbocycles. The van der Waals surface area contributed by atoms with Crippen molar-refractivity contribution in [1.82, 2.24) is 4.98 Å². The molecule has 0 spiro atoms. The zero-order chi connectivity index (χ0) is 8.43. The van der Waals surface area contributed by atoms with Crippen molar-refractivity contribution in [3.8, 4) is 0 Å². The summed E-state index contributed by atoms with van der Waals surface area (Å²) in [5.74, 6) is -1.68. The van der Waals surface area contributed by atoms with E-state index in [9.17, 15) is 9.18 Å². The molecule has 0 unspecified atom stereocenters. The Morgan fingerprint density at radius 2 is 2.18 bits per heavy atom. The van der Waals surface area contributed by atoms with Crippen LogP contribution >= 0.6 is 0 Å². The Balaban J connectivity index is 3.32. The maximum absolute atomic E-state index is 12.7. The average Bonchev–Trinajstić information content (AvgIpc) is 1.85. The van der Waals surface area contributed by atoms with Gasteiger partial charge in [-0.1, -0.05) is 0 Å². The number of nitrogen functional groups attached to an aromatic ring is 1. The zero-order valence-corrected chi connectivity index (χ0v) is 5.54. The molecule has 0 aliphatic rings. The van der Waals surface area contributed by atoms with Crippen LogP contribution in [0.15, 0.2) is 12.4 Å². The number of amides is 1. The first-order valence-corrected chi connectivity index (χ1v) is 2.81. The summed E-state index contributed by atoms with van der Waals surface area (Å²) in [6.07, 6.45) is 2.06. The molecule has 0 saturated carbocycles. The molecule has 0 atom stereocenters. The minimum absolute atomic E-state index is 0.0440. The molecule has 1 heterocycles. The maximum Gasteiger partial charge on any atom is 0.253 e. The average molecular weight is 155 g/mol. The van der Waals surface area contributed by atoms with Gasteiger partial charge >= 0.3 is 0 Å². The monoisotopic (exact) mass is 155 g/mol. The largest absolute Gasteiger partial charge is 0.397 e. The minimum Gasteiger partial charge on any atom is -0.397 e. The Morgan fingerprint density at radius 1 is 1.55 bits per heavy atom. The SMILES string of the molecule is NC(=O)c1c(N)cncc1F. The topological polar surface area (TPSA) is 82.0 Å². The molecule has 58 valence electrons. The predicted molar refractivity (Wildman–Crippen MR) is 37.1 cm³/mol. The first-order valence-electron chi connectivity index (χ1n) is 2.81. The van der Waals surface area contributed by atoms with Gasteiger partial charge in [-0.3, -0.25) is 9.78 Å². The van der Waals surface area contributed by atoms with Gasteiger partial charge in [-0.25, -0.2) is 4.39 Å². The van der Waals surface area contributed by atoms with Crippen LogP contribution in [-0.2, 0) is 0 Å². The Bertz CT molecular complexity index is 280. The molecule has 0 aliphatic heterocycles. The fraction of sp³-hybridized carbons (Fsp3) is 0. The number of pyridine rings is 1. The second-order valence-electron chi connectivity index (χ2n) is 1.95. The lowest BCUT2D eigenvalue weighted by Crippen LogP contribution is -2.15. The number of nitrogens with two attached hydrogens (primary N) is 2. The van der Waals surface area contributed by atoms with E-state index in [0.717, 1.165) is 6.20 Å². The van der Waals surface area contributed by atoms with Crippen molar-refractivity contribution < 1.29 is 9.18 Å². The van der Waals surface area contributed by atoms with E-state index in [1.165, 1.54) is 6.20 Å². The summed E-state index contributed by atoms with van der Waals surface area (Å²) in [6, 6.07) is 0. The number of primary amides is 1. The van der Waals surface area contributed by atoms with Crippen LogP contribution in [0.2, 0.25) is 0 Å². The molecule has 11 heavy (non-hydrogen) atoms. The summed E-state index contributed by atoms with van der Waals surface area (Å²) in [6.45, 7) is 0.